The van der Waals surface area contributed by atoms with E-state index < -0.39 is 0 Å². The molecule has 156 valence electrons. The molecule has 0 atom stereocenters. The highest BCUT2D eigenvalue weighted by atomic mass is 15.1. The molecule has 0 bridgehead atoms. The van der Waals surface area contributed by atoms with Gasteiger partial charge in [0, 0.05) is 56.6 Å². The van der Waals surface area contributed by atoms with Crippen LogP contribution in [0.3, 0.4) is 0 Å². The summed E-state index contributed by atoms with van der Waals surface area (Å²) < 4.78 is 0. The molecule has 0 spiro atoms. The van der Waals surface area contributed by atoms with Crippen molar-refractivity contribution in [1.82, 2.24) is 0 Å². The van der Waals surface area contributed by atoms with Gasteiger partial charge in [-0.15, -0.1) is 0 Å². The molecule has 0 saturated heterocycles. The molecule has 3 nitrogen and oxygen atoms in total. The lowest BCUT2D eigenvalue weighted by Gasteiger charge is -2.27. The molecular weight excluding hydrogens is 378 g/mol. The minimum atomic E-state index is 1.13. The van der Waals surface area contributed by atoms with E-state index >= 15 is 0 Å². The largest absolute Gasteiger partial charge is 0.378 e. The molecule has 4 aromatic carbocycles. The van der Waals surface area contributed by atoms with Crippen LogP contribution >= 0.6 is 0 Å². The van der Waals surface area contributed by atoms with Gasteiger partial charge in [-0.3, -0.25) is 0 Å². The van der Waals surface area contributed by atoms with E-state index in [-0.39, 0.29) is 0 Å². The second kappa shape index (κ2) is 8.97. The molecule has 3 heteroatoms. The van der Waals surface area contributed by atoms with E-state index in [0.29, 0.717) is 0 Å². The topological polar surface area (TPSA) is 9.72 Å². The van der Waals surface area contributed by atoms with Crippen molar-refractivity contribution in [2.75, 3.05) is 42.9 Å². The van der Waals surface area contributed by atoms with Crippen LogP contribution < -0.4 is 14.7 Å². The molecule has 0 fully saturated rings. The van der Waals surface area contributed by atoms with Crippen LogP contribution in [0.2, 0.25) is 0 Å². The van der Waals surface area contributed by atoms with E-state index in [4.69, 9.17) is 0 Å². The fourth-order valence-electron chi connectivity index (χ4n) is 3.68. The standard InChI is InChI=1S/C28H29N3/c1-29(2)24-14-18-27(19-15-24)31(28-20-16-25(17-21-28)30(3)4)26-12-10-23(11-13-26)22-8-6-5-7-9-22/h5-21H,1-4H3. The van der Waals surface area contributed by atoms with Gasteiger partial charge in [0.1, 0.15) is 0 Å². The maximum atomic E-state index is 2.30. The van der Waals surface area contributed by atoms with E-state index in [9.17, 15) is 0 Å². The Labute approximate surface area is 185 Å². The summed E-state index contributed by atoms with van der Waals surface area (Å²) in [7, 11) is 8.26. The molecular formula is C28H29N3. The van der Waals surface area contributed by atoms with Crippen molar-refractivity contribution in [3.63, 3.8) is 0 Å². The normalized spacial score (nSPS) is 10.6. The predicted octanol–water partition coefficient (Wildman–Crippen LogP) is 6.96. The van der Waals surface area contributed by atoms with Gasteiger partial charge in [-0.1, -0.05) is 42.5 Å². The minimum Gasteiger partial charge on any atom is -0.378 e. The zero-order valence-corrected chi connectivity index (χ0v) is 18.7. The van der Waals surface area contributed by atoms with Crippen molar-refractivity contribution in [2.45, 2.75) is 0 Å². The Kier molecular flexibility index (Phi) is 5.94. The maximum Gasteiger partial charge on any atom is 0.0463 e. The van der Waals surface area contributed by atoms with Gasteiger partial charge < -0.3 is 14.7 Å². The number of anilines is 5. The van der Waals surface area contributed by atoms with Gasteiger partial charge in [-0.25, -0.2) is 0 Å². The molecule has 0 saturated carbocycles. The van der Waals surface area contributed by atoms with Crippen LogP contribution in [-0.2, 0) is 0 Å². The third kappa shape index (κ3) is 4.56. The molecule has 0 aliphatic carbocycles. The van der Waals surface area contributed by atoms with Crippen molar-refractivity contribution >= 4 is 28.4 Å². The highest BCUT2D eigenvalue weighted by Gasteiger charge is 2.13. The Bertz CT molecular complexity index is 1050. The van der Waals surface area contributed by atoms with Crippen molar-refractivity contribution in [3.05, 3.63) is 103 Å². The van der Waals surface area contributed by atoms with Crippen LogP contribution in [0.1, 0.15) is 0 Å². The molecule has 0 N–H and O–H groups in total. The van der Waals surface area contributed by atoms with E-state index in [1.54, 1.807) is 0 Å². The number of nitrogens with zero attached hydrogens (tertiary/aromatic N) is 3. The van der Waals surface area contributed by atoms with Gasteiger partial charge in [0.2, 0.25) is 0 Å². The molecule has 31 heavy (non-hydrogen) atoms. The van der Waals surface area contributed by atoms with Gasteiger partial charge in [0.05, 0.1) is 0 Å². The van der Waals surface area contributed by atoms with E-state index in [1.165, 1.54) is 22.5 Å². The second-order valence-electron chi connectivity index (χ2n) is 8.07. The number of benzene rings is 4. The van der Waals surface area contributed by atoms with E-state index in [1.807, 2.05) is 6.07 Å². The van der Waals surface area contributed by atoms with Gasteiger partial charge >= 0.3 is 0 Å². The first-order valence-electron chi connectivity index (χ1n) is 10.5. The fourth-order valence-corrected chi connectivity index (χ4v) is 3.68. The molecule has 0 radical (unpaired) electrons. The Morgan fingerprint density at radius 1 is 0.355 bits per heavy atom. The maximum absolute atomic E-state index is 2.30. The number of hydrogen-bond acceptors (Lipinski definition) is 3. The molecule has 0 unspecified atom stereocenters. The number of rotatable bonds is 6. The lowest BCUT2D eigenvalue weighted by atomic mass is 10.0. The lowest BCUT2D eigenvalue weighted by molar-refractivity contribution is 1.13. The van der Waals surface area contributed by atoms with Crippen molar-refractivity contribution in [3.8, 4) is 11.1 Å². The van der Waals surface area contributed by atoms with Crippen LogP contribution in [0.15, 0.2) is 103 Å². The SMILES string of the molecule is CN(C)c1ccc(N(c2ccc(-c3ccccc3)cc2)c2ccc(N(C)C)cc2)cc1. The van der Waals surface area contributed by atoms with Gasteiger partial charge in [-0.2, -0.15) is 0 Å². The van der Waals surface area contributed by atoms with E-state index in [2.05, 4.69) is 140 Å². The van der Waals surface area contributed by atoms with Gasteiger partial charge in [0.25, 0.3) is 0 Å². The Morgan fingerprint density at radius 3 is 1.06 bits per heavy atom. The fraction of sp³-hybridized carbons (Fsp3) is 0.143. The first-order chi connectivity index (χ1) is 15.0. The molecule has 4 aromatic rings. The summed E-state index contributed by atoms with van der Waals surface area (Å²) >= 11 is 0. The third-order valence-corrected chi connectivity index (χ3v) is 5.48. The van der Waals surface area contributed by atoms with Crippen LogP contribution in [-0.4, -0.2) is 28.2 Å². The summed E-state index contributed by atoms with van der Waals surface area (Å²) in [5, 5.41) is 0. The Morgan fingerprint density at radius 2 is 0.677 bits per heavy atom. The summed E-state index contributed by atoms with van der Waals surface area (Å²) in [6.07, 6.45) is 0. The second-order valence-corrected chi connectivity index (χ2v) is 8.07. The molecule has 0 aliphatic rings. The third-order valence-electron chi connectivity index (χ3n) is 5.48. The van der Waals surface area contributed by atoms with Crippen LogP contribution in [0.4, 0.5) is 28.4 Å². The first kappa shape index (κ1) is 20.5. The highest BCUT2D eigenvalue weighted by Crippen LogP contribution is 2.37. The van der Waals surface area contributed by atoms with Crippen molar-refractivity contribution < 1.29 is 0 Å². The molecule has 4 rings (SSSR count). The zero-order valence-electron chi connectivity index (χ0n) is 18.7. The average Bonchev–Trinajstić information content (AvgIpc) is 2.81. The highest BCUT2D eigenvalue weighted by molar-refractivity contribution is 5.79. The van der Waals surface area contributed by atoms with Crippen LogP contribution in [0, 0.1) is 0 Å². The summed E-state index contributed by atoms with van der Waals surface area (Å²) in [6, 6.07) is 36.6. The summed E-state index contributed by atoms with van der Waals surface area (Å²) in [5.41, 5.74) is 8.22. The molecule has 0 heterocycles. The van der Waals surface area contributed by atoms with Gasteiger partial charge in [-0.05, 0) is 71.8 Å². The lowest BCUT2D eigenvalue weighted by Crippen LogP contribution is -2.12. The minimum absolute atomic E-state index is 1.13. The summed E-state index contributed by atoms with van der Waals surface area (Å²) in [4.78, 5) is 6.54. The van der Waals surface area contributed by atoms with Gasteiger partial charge in [0.15, 0.2) is 0 Å². The van der Waals surface area contributed by atoms with E-state index in [0.717, 1.165) is 17.1 Å². The van der Waals surface area contributed by atoms with Crippen molar-refractivity contribution in [1.29, 1.82) is 0 Å². The number of hydrogen-bond donors (Lipinski definition) is 0. The summed E-state index contributed by atoms with van der Waals surface area (Å²) in [5.74, 6) is 0. The Hall–Kier alpha value is -3.72. The van der Waals surface area contributed by atoms with Crippen LogP contribution in [0.5, 0.6) is 0 Å². The molecule has 0 amide bonds. The predicted molar refractivity (Wildman–Crippen MR) is 135 cm³/mol. The molecule has 0 aliphatic heterocycles. The summed E-state index contributed by atoms with van der Waals surface area (Å²) in [6.45, 7) is 0. The van der Waals surface area contributed by atoms with Crippen molar-refractivity contribution in [2.24, 2.45) is 0 Å². The average molecular weight is 408 g/mol. The quantitative estimate of drug-likeness (QED) is 0.342. The zero-order chi connectivity index (χ0) is 21.8. The molecule has 0 aromatic heterocycles. The monoisotopic (exact) mass is 407 g/mol. The van der Waals surface area contributed by atoms with Crippen LogP contribution in [0.25, 0.3) is 11.1 Å². The Balaban J connectivity index is 1.74. The smallest absolute Gasteiger partial charge is 0.0463 e. The first-order valence-corrected chi connectivity index (χ1v) is 10.5.